The topological polar surface area (TPSA) is 24.1 Å². The Kier molecular flexibility index (Phi) is 12.4. The number of nitrogens with one attached hydrogen (secondary N) is 2. The monoisotopic (exact) mass is 534 g/mol. The van der Waals surface area contributed by atoms with Crippen LogP contribution in [0.4, 0.5) is 22.7 Å². The Morgan fingerprint density at radius 3 is 1.18 bits per heavy atom. The molecule has 0 aliphatic carbocycles. The van der Waals surface area contributed by atoms with Crippen LogP contribution in [0.3, 0.4) is 0 Å². The largest absolute Gasteiger partial charge is 0.355 e. The molecular weight excluding hydrogens is 484 g/mol. The zero-order valence-electron chi connectivity index (χ0n) is 25.0. The van der Waals surface area contributed by atoms with Gasteiger partial charge in [-0.3, -0.25) is 0 Å². The summed E-state index contributed by atoms with van der Waals surface area (Å²) >= 11 is 0. The maximum atomic E-state index is 3.67. The number of fused-ring (bicyclic) bond motifs is 1. The van der Waals surface area contributed by atoms with Crippen molar-refractivity contribution in [2.24, 2.45) is 0 Å². The molecule has 0 fully saturated rings. The third-order valence-electron chi connectivity index (χ3n) is 8.03. The number of unbranched alkanes of at least 4 members (excludes halogenated alkanes) is 10. The first-order valence-corrected chi connectivity index (χ1v) is 16.0. The number of aryl methyl sites for hydroxylation is 2. The van der Waals surface area contributed by atoms with Crippen LogP contribution in [0.2, 0.25) is 0 Å². The maximum Gasteiger partial charge on any atom is 0.0465 e. The lowest BCUT2D eigenvalue weighted by Gasteiger charge is -2.15. The Balaban J connectivity index is 1.33. The molecule has 4 rings (SSSR count). The minimum atomic E-state index is 1.14. The predicted molar refractivity (Wildman–Crippen MR) is 178 cm³/mol. The molecular formula is C38H50N2. The van der Waals surface area contributed by atoms with Crippen molar-refractivity contribution in [3.05, 3.63) is 96.1 Å². The Hall–Kier alpha value is -3.26. The molecule has 2 N–H and O–H groups in total. The summed E-state index contributed by atoms with van der Waals surface area (Å²) in [7, 11) is 0. The van der Waals surface area contributed by atoms with Gasteiger partial charge in [-0.15, -0.1) is 0 Å². The Morgan fingerprint density at radius 1 is 0.400 bits per heavy atom. The van der Waals surface area contributed by atoms with Gasteiger partial charge >= 0.3 is 0 Å². The van der Waals surface area contributed by atoms with Crippen LogP contribution in [-0.4, -0.2) is 0 Å². The number of hydrogen-bond acceptors (Lipinski definition) is 2. The molecule has 0 saturated heterocycles. The van der Waals surface area contributed by atoms with Gasteiger partial charge in [0.05, 0.1) is 0 Å². The molecule has 0 spiro atoms. The fourth-order valence-corrected chi connectivity index (χ4v) is 5.56. The van der Waals surface area contributed by atoms with Crippen LogP contribution in [0.15, 0.2) is 84.9 Å². The molecule has 0 radical (unpaired) electrons. The van der Waals surface area contributed by atoms with E-state index in [2.05, 4.69) is 109 Å². The second-order valence-corrected chi connectivity index (χ2v) is 11.4. The molecule has 0 atom stereocenters. The van der Waals surface area contributed by atoms with Gasteiger partial charge in [-0.2, -0.15) is 0 Å². The first-order valence-electron chi connectivity index (χ1n) is 16.0. The molecule has 40 heavy (non-hydrogen) atoms. The molecule has 0 bridgehead atoms. The fraction of sp³-hybridized carbons (Fsp3) is 0.421. The standard InChI is InChI=1S/C38H50N2/c1-3-5-7-9-11-13-17-31-21-25-33(26-22-31)39-37-29-30-38(36-20-16-15-19-35(36)37)40-34-27-23-32(24-28-34)18-14-12-10-8-6-4-2/h15-16,19-30,39-40H,3-14,17-18H2,1-2H3. The highest BCUT2D eigenvalue weighted by Crippen LogP contribution is 2.33. The Morgan fingerprint density at radius 2 is 0.775 bits per heavy atom. The summed E-state index contributed by atoms with van der Waals surface area (Å²) in [5.74, 6) is 0. The Bertz CT molecular complexity index is 1160. The molecule has 4 aromatic rings. The Labute approximate surface area is 243 Å². The van der Waals surface area contributed by atoms with Crippen molar-refractivity contribution < 1.29 is 0 Å². The molecule has 2 heteroatoms. The van der Waals surface area contributed by atoms with E-state index < -0.39 is 0 Å². The van der Waals surface area contributed by atoms with Gasteiger partial charge in [0.15, 0.2) is 0 Å². The van der Waals surface area contributed by atoms with Gasteiger partial charge in [0.2, 0.25) is 0 Å². The quantitative estimate of drug-likeness (QED) is 0.124. The van der Waals surface area contributed by atoms with Crippen molar-refractivity contribution in [3.63, 3.8) is 0 Å². The minimum absolute atomic E-state index is 1.14. The van der Waals surface area contributed by atoms with Gasteiger partial charge < -0.3 is 10.6 Å². The van der Waals surface area contributed by atoms with Crippen LogP contribution in [0, 0.1) is 0 Å². The van der Waals surface area contributed by atoms with Crippen molar-refractivity contribution in [1.82, 2.24) is 0 Å². The first-order chi connectivity index (χ1) is 19.8. The number of benzene rings is 4. The van der Waals surface area contributed by atoms with E-state index in [1.54, 1.807) is 0 Å². The van der Waals surface area contributed by atoms with Crippen LogP contribution in [0.25, 0.3) is 10.8 Å². The van der Waals surface area contributed by atoms with E-state index in [0.717, 1.165) is 22.7 Å². The van der Waals surface area contributed by atoms with E-state index in [9.17, 15) is 0 Å². The lowest BCUT2D eigenvalue weighted by molar-refractivity contribution is 0.607. The number of rotatable bonds is 18. The van der Waals surface area contributed by atoms with E-state index in [1.165, 1.54) is 112 Å². The molecule has 0 aliphatic heterocycles. The van der Waals surface area contributed by atoms with E-state index in [4.69, 9.17) is 0 Å². The minimum Gasteiger partial charge on any atom is -0.355 e. The number of anilines is 4. The average Bonchev–Trinajstić information content (AvgIpc) is 2.99. The molecule has 0 aliphatic rings. The average molecular weight is 535 g/mol. The highest BCUT2D eigenvalue weighted by molar-refractivity contribution is 6.03. The van der Waals surface area contributed by atoms with E-state index in [1.807, 2.05) is 0 Å². The lowest BCUT2D eigenvalue weighted by Crippen LogP contribution is -1.96. The van der Waals surface area contributed by atoms with Crippen LogP contribution in [0.5, 0.6) is 0 Å². The van der Waals surface area contributed by atoms with Gasteiger partial charge in [-0.25, -0.2) is 0 Å². The van der Waals surface area contributed by atoms with Crippen molar-refractivity contribution in [2.45, 2.75) is 104 Å². The molecule has 212 valence electrons. The summed E-state index contributed by atoms with van der Waals surface area (Å²) in [4.78, 5) is 0. The molecule has 2 nitrogen and oxygen atoms in total. The zero-order valence-corrected chi connectivity index (χ0v) is 25.0. The van der Waals surface area contributed by atoms with Gasteiger partial charge in [0.1, 0.15) is 0 Å². The van der Waals surface area contributed by atoms with E-state index >= 15 is 0 Å². The van der Waals surface area contributed by atoms with Crippen molar-refractivity contribution in [1.29, 1.82) is 0 Å². The fourth-order valence-electron chi connectivity index (χ4n) is 5.56. The third kappa shape index (κ3) is 9.44. The van der Waals surface area contributed by atoms with Crippen LogP contribution in [0.1, 0.15) is 102 Å². The van der Waals surface area contributed by atoms with Crippen LogP contribution >= 0.6 is 0 Å². The smallest absolute Gasteiger partial charge is 0.0465 e. The third-order valence-corrected chi connectivity index (χ3v) is 8.03. The first kappa shape index (κ1) is 29.7. The SMILES string of the molecule is CCCCCCCCc1ccc(Nc2ccc(Nc3ccc(CCCCCCCC)cc3)c3ccccc23)cc1. The lowest BCUT2D eigenvalue weighted by atomic mass is 10.0. The van der Waals surface area contributed by atoms with Crippen molar-refractivity contribution in [2.75, 3.05) is 10.6 Å². The number of hydrogen-bond donors (Lipinski definition) is 2. The van der Waals surface area contributed by atoms with Gasteiger partial charge in [-0.05, 0) is 73.2 Å². The summed E-state index contributed by atoms with van der Waals surface area (Å²) in [6.45, 7) is 4.56. The summed E-state index contributed by atoms with van der Waals surface area (Å²) in [5.41, 5.74) is 7.42. The van der Waals surface area contributed by atoms with E-state index in [-0.39, 0.29) is 0 Å². The molecule has 0 saturated carbocycles. The van der Waals surface area contributed by atoms with Gasteiger partial charge in [0, 0.05) is 33.5 Å². The normalized spacial score (nSPS) is 11.2. The van der Waals surface area contributed by atoms with Gasteiger partial charge in [0.25, 0.3) is 0 Å². The molecule has 0 aromatic heterocycles. The molecule has 0 amide bonds. The summed E-state index contributed by atoms with van der Waals surface area (Å²) in [5, 5.41) is 9.79. The summed E-state index contributed by atoms with van der Waals surface area (Å²) in [6, 6.07) is 31.1. The highest BCUT2D eigenvalue weighted by Gasteiger charge is 2.07. The second-order valence-electron chi connectivity index (χ2n) is 11.4. The summed E-state index contributed by atoms with van der Waals surface area (Å²) < 4.78 is 0. The van der Waals surface area contributed by atoms with E-state index in [0.29, 0.717) is 0 Å². The summed E-state index contributed by atoms with van der Waals surface area (Å²) in [6.07, 6.45) is 18.5. The van der Waals surface area contributed by atoms with Crippen molar-refractivity contribution >= 4 is 33.5 Å². The molecule has 4 aromatic carbocycles. The van der Waals surface area contributed by atoms with Crippen LogP contribution < -0.4 is 10.6 Å². The molecule has 0 unspecified atom stereocenters. The molecule has 0 heterocycles. The van der Waals surface area contributed by atoms with Gasteiger partial charge in [-0.1, -0.05) is 127 Å². The second kappa shape index (κ2) is 16.8. The van der Waals surface area contributed by atoms with Crippen molar-refractivity contribution in [3.8, 4) is 0 Å². The highest BCUT2D eigenvalue weighted by atomic mass is 14.9. The van der Waals surface area contributed by atoms with Crippen LogP contribution in [-0.2, 0) is 12.8 Å². The zero-order chi connectivity index (χ0) is 27.8. The maximum absolute atomic E-state index is 3.67. The predicted octanol–water partition coefficient (Wildman–Crippen LogP) is 12.1.